The van der Waals surface area contributed by atoms with Crippen LogP contribution >= 0.6 is 0 Å². The lowest BCUT2D eigenvalue weighted by Crippen LogP contribution is -2.29. The molecule has 0 amide bonds. The van der Waals surface area contributed by atoms with Crippen LogP contribution in [0.2, 0.25) is 0 Å². The summed E-state index contributed by atoms with van der Waals surface area (Å²) in [5.41, 5.74) is 1.37. The number of ether oxygens (including phenoxy) is 1. The van der Waals surface area contributed by atoms with E-state index >= 15 is 0 Å². The number of nitrogens with zero attached hydrogens (tertiary/aromatic N) is 1. The van der Waals surface area contributed by atoms with Crippen LogP contribution in [0.25, 0.3) is 0 Å². The minimum Gasteiger partial charge on any atom is -0.375 e. The lowest BCUT2D eigenvalue weighted by atomic mass is 9.89. The van der Waals surface area contributed by atoms with Gasteiger partial charge in [0.15, 0.2) is 0 Å². The Kier molecular flexibility index (Phi) is 2.74. The molecule has 3 heterocycles. The Morgan fingerprint density at radius 2 is 2.44 bits per heavy atom. The van der Waals surface area contributed by atoms with Gasteiger partial charge in [-0.15, -0.1) is 0 Å². The summed E-state index contributed by atoms with van der Waals surface area (Å²) in [4.78, 5) is 0. The molecule has 2 aliphatic rings. The highest BCUT2D eigenvalue weighted by Gasteiger charge is 2.40. The van der Waals surface area contributed by atoms with E-state index < -0.39 is 0 Å². The van der Waals surface area contributed by atoms with Crippen molar-refractivity contribution in [3.8, 4) is 0 Å². The highest BCUT2D eigenvalue weighted by Crippen LogP contribution is 2.38. The summed E-state index contributed by atoms with van der Waals surface area (Å²) in [6.07, 6.45) is 9.23. The zero-order valence-corrected chi connectivity index (χ0v) is 9.86. The fourth-order valence-corrected chi connectivity index (χ4v) is 3.03. The first kappa shape index (κ1) is 10.4. The molecule has 88 valence electrons. The van der Waals surface area contributed by atoms with Gasteiger partial charge in [0.05, 0.1) is 12.2 Å². The van der Waals surface area contributed by atoms with Crippen LogP contribution in [0.4, 0.5) is 0 Å². The molecule has 3 unspecified atom stereocenters. The third kappa shape index (κ3) is 2.02. The second kappa shape index (κ2) is 4.22. The molecule has 1 aromatic heterocycles. The van der Waals surface area contributed by atoms with E-state index in [2.05, 4.69) is 35.4 Å². The predicted octanol–water partition coefficient (Wildman–Crippen LogP) is 1.68. The number of nitrogens with one attached hydrogen (secondary N) is 1. The second-order valence-electron chi connectivity index (χ2n) is 5.19. The number of hydrogen-bond acceptors (Lipinski definition) is 2. The molecule has 2 fully saturated rings. The van der Waals surface area contributed by atoms with E-state index in [0.717, 1.165) is 19.0 Å². The summed E-state index contributed by atoms with van der Waals surface area (Å²) < 4.78 is 7.94. The van der Waals surface area contributed by atoms with Gasteiger partial charge < -0.3 is 14.6 Å². The van der Waals surface area contributed by atoms with E-state index in [1.54, 1.807) is 0 Å². The molecule has 1 aromatic rings. The lowest BCUT2D eigenvalue weighted by molar-refractivity contribution is 0.0924. The Morgan fingerprint density at radius 1 is 1.50 bits per heavy atom. The average molecular weight is 220 g/mol. The first-order chi connectivity index (χ1) is 7.81. The van der Waals surface area contributed by atoms with E-state index in [9.17, 15) is 0 Å². The van der Waals surface area contributed by atoms with Crippen LogP contribution in [0.3, 0.4) is 0 Å². The van der Waals surface area contributed by atoms with E-state index in [4.69, 9.17) is 4.74 Å². The summed E-state index contributed by atoms with van der Waals surface area (Å²) in [6.45, 7) is 2.09. The van der Waals surface area contributed by atoms with E-state index in [1.807, 2.05) is 0 Å². The van der Waals surface area contributed by atoms with Crippen LogP contribution in [0.5, 0.6) is 0 Å². The summed E-state index contributed by atoms with van der Waals surface area (Å²) >= 11 is 0. The third-order valence-corrected chi connectivity index (χ3v) is 3.86. The standard InChI is InChI=1S/C13H20N2O/c1-15-5-4-10(9-15)7-14-8-11-6-12-2-3-13(11)16-12/h4-5,9,11-14H,2-3,6-8H2,1H3. The molecule has 0 spiro atoms. The minimum absolute atomic E-state index is 0.549. The number of fused-ring (bicyclic) bond motifs is 2. The van der Waals surface area contributed by atoms with Crippen molar-refractivity contribution < 1.29 is 4.74 Å². The monoisotopic (exact) mass is 220 g/mol. The van der Waals surface area contributed by atoms with Crippen molar-refractivity contribution in [2.24, 2.45) is 13.0 Å². The third-order valence-electron chi connectivity index (χ3n) is 3.86. The van der Waals surface area contributed by atoms with Gasteiger partial charge in [-0.3, -0.25) is 0 Å². The molecule has 0 aliphatic carbocycles. The Labute approximate surface area is 96.8 Å². The number of aryl methyl sites for hydroxylation is 1. The van der Waals surface area contributed by atoms with Gasteiger partial charge in [0, 0.05) is 38.4 Å². The Hall–Kier alpha value is -0.800. The van der Waals surface area contributed by atoms with Gasteiger partial charge in [-0.1, -0.05) is 0 Å². The van der Waals surface area contributed by atoms with Crippen LogP contribution in [0, 0.1) is 5.92 Å². The van der Waals surface area contributed by atoms with Crippen molar-refractivity contribution in [2.45, 2.75) is 38.0 Å². The maximum atomic E-state index is 5.85. The van der Waals surface area contributed by atoms with Gasteiger partial charge in [-0.25, -0.2) is 0 Å². The van der Waals surface area contributed by atoms with Crippen LogP contribution in [0.15, 0.2) is 18.5 Å². The quantitative estimate of drug-likeness (QED) is 0.835. The first-order valence-electron chi connectivity index (χ1n) is 6.28. The normalized spacial score (nSPS) is 32.4. The van der Waals surface area contributed by atoms with Crippen LogP contribution in [-0.4, -0.2) is 23.3 Å². The van der Waals surface area contributed by atoms with E-state index in [-0.39, 0.29) is 0 Å². The number of aromatic nitrogens is 1. The topological polar surface area (TPSA) is 26.2 Å². The Bertz CT molecular complexity index is 361. The van der Waals surface area contributed by atoms with Gasteiger partial charge in [-0.2, -0.15) is 0 Å². The molecule has 0 radical (unpaired) electrons. The summed E-state index contributed by atoms with van der Waals surface area (Å²) in [5, 5.41) is 3.55. The lowest BCUT2D eigenvalue weighted by Gasteiger charge is -2.18. The van der Waals surface area contributed by atoms with Gasteiger partial charge in [-0.05, 0) is 30.9 Å². The molecular weight excluding hydrogens is 200 g/mol. The van der Waals surface area contributed by atoms with E-state index in [1.165, 1.54) is 24.8 Å². The van der Waals surface area contributed by atoms with Crippen molar-refractivity contribution in [3.63, 3.8) is 0 Å². The van der Waals surface area contributed by atoms with Crippen LogP contribution in [-0.2, 0) is 18.3 Å². The summed E-state index contributed by atoms with van der Waals surface area (Å²) in [5.74, 6) is 0.752. The molecule has 3 atom stereocenters. The zero-order valence-electron chi connectivity index (χ0n) is 9.86. The molecule has 2 aliphatic heterocycles. The summed E-state index contributed by atoms with van der Waals surface area (Å²) in [7, 11) is 2.06. The van der Waals surface area contributed by atoms with Crippen LogP contribution < -0.4 is 5.32 Å². The zero-order chi connectivity index (χ0) is 11.0. The fraction of sp³-hybridized carbons (Fsp3) is 0.692. The van der Waals surface area contributed by atoms with Gasteiger partial charge >= 0.3 is 0 Å². The van der Waals surface area contributed by atoms with Crippen molar-refractivity contribution >= 4 is 0 Å². The van der Waals surface area contributed by atoms with Crippen molar-refractivity contribution in [3.05, 3.63) is 24.0 Å². The molecule has 16 heavy (non-hydrogen) atoms. The smallest absolute Gasteiger partial charge is 0.0621 e. The summed E-state index contributed by atoms with van der Waals surface area (Å²) in [6, 6.07) is 2.17. The Morgan fingerprint density at radius 3 is 3.06 bits per heavy atom. The number of rotatable bonds is 4. The predicted molar refractivity (Wildman–Crippen MR) is 63.1 cm³/mol. The molecule has 3 nitrogen and oxygen atoms in total. The van der Waals surface area contributed by atoms with Gasteiger partial charge in [0.2, 0.25) is 0 Å². The maximum Gasteiger partial charge on any atom is 0.0621 e. The Balaban J connectivity index is 1.44. The van der Waals surface area contributed by atoms with Crippen LogP contribution in [0.1, 0.15) is 24.8 Å². The SMILES string of the molecule is Cn1ccc(CNCC2CC3CCC2O3)c1. The highest BCUT2D eigenvalue weighted by molar-refractivity contribution is 5.09. The van der Waals surface area contributed by atoms with Crippen molar-refractivity contribution in [1.29, 1.82) is 0 Å². The molecule has 3 rings (SSSR count). The first-order valence-corrected chi connectivity index (χ1v) is 6.28. The molecule has 2 bridgehead atoms. The maximum absolute atomic E-state index is 5.85. The molecule has 0 saturated carbocycles. The average Bonchev–Trinajstić information content (AvgIpc) is 2.94. The minimum atomic E-state index is 0.549. The number of hydrogen-bond donors (Lipinski definition) is 1. The van der Waals surface area contributed by atoms with Crippen molar-refractivity contribution in [2.75, 3.05) is 6.54 Å². The molecule has 1 N–H and O–H groups in total. The second-order valence-corrected chi connectivity index (χ2v) is 5.19. The highest BCUT2D eigenvalue weighted by atomic mass is 16.5. The van der Waals surface area contributed by atoms with Crippen molar-refractivity contribution in [1.82, 2.24) is 9.88 Å². The molecular formula is C13H20N2O. The fourth-order valence-electron chi connectivity index (χ4n) is 3.03. The largest absolute Gasteiger partial charge is 0.375 e. The molecule has 0 aromatic carbocycles. The molecule has 3 heteroatoms. The molecule has 2 saturated heterocycles. The van der Waals surface area contributed by atoms with E-state index in [0.29, 0.717) is 12.2 Å². The van der Waals surface area contributed by atoms with Gasteiger partial charge in [0.1, 0.15) is 0 Å². The van der Waals surface area contributed by atoms with Gasteiger partial charge in [0.25, 0.3) is 0 Å².